The van der Waals surface area contributed by atoms with Crippen LogP contribution in [-0.4, -0.2) is 8.75 Å². The maximum atomic E-state index is 4.46. The monoisotopic (exact) mass is 268 g/mol. The predicted molar refractivity (Wildman–Crippen MR) is 78.2 cm³/mol. The van der Waals surface area contributed by atoms with Gasteiger partial charge < -0.3 is 0 Å². The summed E-state index contributed by atoms with van der Waals surface area (Å²) >= 11 is 3.03. The molecule has 0 unspecified atom stereocenters. The van der Waals surface area contributed by atoms with E-state index in [1.54, 1.807) is 11.3 Å². The minimum absolute atomic E-state index is 0.988. The van der Waals surface area contributed by atoms with Crippen LogP contribution in [0.2, 0.25) is 0 Å². The van der Waals surface area contributed by atoms with E-state index in [1.165, 1.54) is 32.9 Å². The van der Waals surface area contributed by atoms with Gasteiger partial charge >= 0.3 is 0 Å². The first-order chi connectivity index (χ1) is 8.93. The first-order valence-electron chi connectivity index (χ1n) is 5.61. The minimum Gasteiger partial charge on any atom is -0.173 e. The molecule has 4 rings (SSSR count). The number of nitrogens with zero attached hydrogens (tertiary/aromatic N) is 2. The van der Waals surface area contributed by atoms with Crippen LogP contribution in [0.5, 0.6) is 0 Å². The second-order valence-electron chi connectivity index (χ2n) is 4.08. The summed E-state index contributed by atoms with van der Waals surface area (Å²) in [6, 6.07) is 14.8. The third-order valence-electron chi connectivity index (χ3n) is 3.04. The molecule has 0 atom stereocenters. The smallest absolute Gasteiger partial charge is 0.114 e. The Morgan fingerprint density at radius 2 is 1.89 bits per heavy atom. The van der Waals surface area contributed by atoms with Gasteiger partial charge in [0.2, 0.25) is 0 Å². The quantitative estimate of drug-likeness (QED) is 0.505. The Labute approximate surface area is 112 Å². The van der Waals surface area contributed by atoms with Gasteiger partial charge in [-0.1, -0.05) is 30.3 Å². The number of benzene rings is 2. The van der Waals surface area contributed by atoms with Crippen LogP contribution in [0.3, 0.4) is 0 Å². The third kappa shape index (κ3) is 1.39. The van der Waals surface area contributed by atoms with E-state index >= 15 is 0 Å². The summed E-state index contributed by atoms with van der Waals surface area (Å²) in [4.78, 5) is 1.25. The van der Waals surface area contributed by atoms with Gasteiger partial charge in [0.1, 0.15) is 11.0 Å². The molecule has 2 heterocycles. The van der Waals surface area contributed by atoms with Crippen molar-refractivity contribution in [2.75, 3.05) is 0 Å². The summed E-state index contributed by atoms with van der Waals surface area (Å²) in [7, 11) is 0. The Balaban J connectivity index is 2.27. The molecule has 2 nitrogen and oxygen atoms in total. The van der Waals surface area contributed by atoms with E-state index in [1.807, 2.05) is 0 Å². The highest BCUT2D eigenvalue weighted by atomic mass is 32.1. The second-order valence-corrected chi connectivity index (χ2v) is 5.56. The van der Waals surface area contributed by atoms with Crippen molar-refractivity contribution in [3.63, 3.8) is 0 Å². The van der Waals surface area contributed by atoms with Crippen LogP contribution in [0.1, 0.15) is 0 Å². The lowest BCUT2D eigenvalue weighted by atomic mass is 10.0. The fourth-order valence-corrected chi connectivity index (χ4v) is 3.58. The number of aromatic nitrogens is 2. The third-order valence-corrected chi connectivity index (χ3v) is 4.47. The lowest BCUT2D eigenvalue weighted by Gasteiger charge is -2.05. The lowest BCUT2D eigenvalue weighted by molar-refractivity contribution is 1.66. The summed E-state index contributed by atoms with van der Waals surface area (Å²) < 4.78 is 8.84. The number of thiophene rings is 1. The molecule has 2 aromatic heterocycles. The minimum atomic E-state index is 0.988. The van der Waals surface area contributed by atoms with Crippen molar-refractivity contribution in [3.05, 3.63) is 47.8 Å². The van der Waals surface area contributed by atoms with E-state index in [9.17, 15) is 0 Å². The highest BCUT2D eigenvalue weighted by Gasteiger charge is 2.13. The Morgan fingerprint density at radius 3 is 2.78 bits per heavy atom. The van der Waals surface area contributed by atoms with Crippen LogP contribution >= 0.6 is 23.1 Å². The summed E-state index contributed by atoms with van der Waals surface area (Å²) in [5.41, 5.74) is 3.22. The molecule has 86 valence electrons. The normalized spacial score (nSPS) is 11.3. The Bertz CT molecular complexity index is 831. The highest BCUT2D eigenvalue weighted by molar-refractivity contribution is 7.13. The number of rotatable bonds is 1. The van der Waals surface area contributed by atoms with Gasteiger partial charge in [0.15, 0.2) is 0 Å². The van der Waals surface area contributed by atoms with Crippen LogP contribution < -0.4 is 0 Å². The first-order valence-corrected chi connectivity index (χ1v) is 7.22. The molecule has 0 radical (unpaired) electrons. The number of hydrogen-bond acceptors (Lipinski definition) is 4. The molecular formula is C14H8N2S2. The van der Waals surface area contributed by atoms with Crippen LogP contribution in [0.4, 0.5) is 0 Å². The van der Waals surface area contributed by atoms with Crippen molar-refractivity contribution >= 4 is 44.9 Å². The van der Waals surface area contributed by atoms with Crippen molar-refractivity contribution in [2.45, 2.75) is 0 Å². The second kappa shape index (κ2) is 3.86. The first kappa shape index (κ1) is 10.2. The van der Waals surface area contributed by atoms with Crippen LogP contribution in [-0.2, 0) is 0 Å². The summed E-state index contributed by atoms with van der Waals surface area (Å²) in [5, 5.41) is 4.57. The molecule has 0 saturated carbocycles. The molecule has 0 spiro atoms. The zero-order chi connectivity index (χ0) is 11.9. The van der Waals surface area contributed by atoms with Gasteiger partial charge in [-0.05, 0) is 28.3 Å². The van der Waals surface area contributed by atoms with Gasteiger partial charge in [0, 0.05) is 10.4 Å². The number of fused-ring (bicyclic) bond motifs is 2. The molecule has 4 heteroatoms. The molecule has 0 N–H and O–H groups in total. The van der Waals surface area contributed by atoms with Gasteiger partial charge in [0.05, 0.1) is 11.7 Å². The maximum absolute atomic E-state index is 4.46. The van der Waals surface area contributed by atoms with E-state index < -0.39 is 0 Å². The van der Waals surface area contributed by atoms with Crippen LogP contribution in [0, 0.1) is 0 Å². The fraction of sp³-hybridized carbons (Fsp3) is 0. The molecule has 0 aliphatic rings. The van der Waals surface area contributed by atoms with Crippen molar-refractivity contribution < 1.29 is 0 Å². The molecule has 0 aliphatic carbocycles. The topological polar surface area (TPSA) is 25.8 Å². The standard InChI is InChI=1S/C14H8N2S2/c1-2-5-10-9(4-1)8-11-14(16-18-15-11)13(10)12-6-3-7-17-12/h1-8H. The van der Waals surface area contributed by atoms with Crippen molar-refractivity contribution in [3.8, 4) is 10.4 Å². The van der Waals surface area contributed by atoms with Crippen LogP contribution in [0.25, 0.3) is 32.2 Å². The lowest BCUT2D eigenvalue weighted by Crippen LogP contribution is -1.82. The Hall–Kier alpha value is -1.78. The van der Waals surface area contributed by atoms with Crippen molar-refractivity contribution in [2.24, 2.45) is 0 Å². The maximum Gasteiger partial charge on any atom is 0.114 e. The molecule has 0 amide bonds. The van der Waals surface area contributed by atoms with E-state index in [2.05, 4.69) is 56.6 Å². The molecular weight excluding hydrogens is 260 g/mol. The molecule has 4 aromatic rings. The van der Waals surface area contributed by atoms with Crippen molar-refractivity contribution in [1.29, 1.82) is 0 Å². The fourth-order valence-electron chi connectivity index (χ4n) is 2.26. The number of hydrogen-bond donors (Lipinski definition) is 0. The van der Waals surface area contributed by atoms with E-state index in [0.717, 1.165) is 11.0 Å². The van der Waals surface area contributed by atoms with Gasteiger partial charge in [-0.25, -0.2) is 0 Å². The average molecular weight is 268 g/mol. The van der Waals surface area contributed by atoms with E-state index in [0.29, 0.717) is 0 Å². The van der Waals surface area contributed by atoms with Gasteiger partial charge in [-0.2, -0.15) is 8.75 Å². The Morgan fingerprint density at radius 1 is 0.944 bits per heavy atom. The summed E-state index contributed by atoms with van der Waals surface area (Å²) in [6.07, 6.45) is 0. The zero-order valence-corrected chi connectivity index (χ0v) is 11.0. The molecule has 0 saturated heterocycles. The van der Waals surface area contributed by atoms with Crippen molar-refractivity contribution in [1.82, 2.24) is 8.75 Å². The molecule has 0 fully saturated rings. The molecule has 2 aromatic carbocycles. The van der Waals surface area contributed by atoms with Gasteiger partial charge in [-0.3, -0.25) is 0 Å². The van der Waals surface area contributed by atoms with Crippen LogP contribution in [0.15, 0.2) is 47.8 Å². The molecule has 0 bridgehead atoms. The average Bonchev–Trinajstić information content (AvgIpc) is 3.06. The van der Waals surface area contributed by atoms with Gasteiger partial charge in [-0.15, -0.1) is 11.3 Å². The predicted octanol–water partition coefficient (Wildman–Crippen LogP) is 4.57. The SMILES string of the molecule is c1csc(-c2c3ccccc3cc3nsnc23)c1. The van der Waals surface area contributed by atoms with E-state index in [-0.39, 0.29) is 0 Å². The van der Waals surface area contributed by atoms with Gasteiger partial charge in [0.25, 0.3) is 0 Å². The highest BCUT2D eigenvalue weighted by Crippen LogP contribution is 2.37. The molecule has 0 aliphatic heterocycles. The van der Waals surface area contributed by atoms with E-state index in [4.69, 9.17) is 0 Å². The summed E-state index contributed by atoms with van der Waals surface area (Å²) in [6.45, 7) is 0. The summed E-state index contributed by atoms with van der Waals surface area (Å²) in [5.74, 6) is 0. The largest absolute Gasteiger partial charge is 0.173 e. The Kier molecular flexibility index (Phi) is 2.18. The molecule has 18 heavy (non-hydrogen) atoms. The zero-order valence-electron chi connectivity index (χ0n) is 9.33.